The minimum atomic E-state index is -0.345. The van der Waals surface area contributed by atoms with Crippen LogP contribution in [0.3, 0.4) is 0 Å². The summed E-state index contributed by atoms with van der Waals surface area (Å²) in [6.45, 7) is 11.0. The highest BCUT2D eigenvalue weighted by Crippen LogP contribution is 2.36. The molecule has 0 aliphatic carbocycles. The molecule has 1 aliphatic heterocycles. The van der Waals surface area contributed by atoms with E-state index in [2.05, 4.69) is 12.2 Å². The molecule has 0 spiro atoms. The lowest BCUT2D eigenvalue weighted by Gasteiger charge is -2.50. The maximum atomic E-state index is 12.4. The molecular weight excluding hydrogens is 312 g/mol. The van der Waals surface area contributed by atoms with E-state index in [-0.39, 0.29) is 17.2 Å². The number of hydrogen-bond acceptors (Lipinski definition) is 3. The van der Waals surface area contributed by atoms with E-state index in [1.807, 2.05) is 27.7 Å². The van der Waals surface area contributed by atoms with Crippen LogP contribution < -0.4 is 5.32 Å². The molecule has 0 aromatic carbocycles. The lowest BCUT2D eigenvalue weighted by atomic mass is 9.79. The maximum Gasteiger partial charge on any atom is 0.0664 e. The quantitative estimate of drug-likeness (QED) is 0.493. The van der Waals surface area contributed by atoms with E-state index in [4.69, 9.17) is 0 Å². The monoisotopic (exact) mass is 355 g/mol. The van der Waals surface area contributed by atoms with E-state index in [1.54, 1.807) is 0 Å². The van der Waals surface area contributed by atoms with Crippen LogP contribution in [0.1, 0.15) is 105 Å². The van der Waals surface area contributed by atoms with Crippen LogP contribution in [0.4, 0.5) is 0 Å². The number of unbranched alkanes of at least 4 members (excludes halogenated alkanes) is 7. The predicted octanol–water partition coefficient (Wildman–Crippen LogP) is 4.83. The van der Waals surface area contributed by atoms with Gasteiger partial charge < -0.3 is 10.4 Å². The average molecular weight is 356 g/mol. The predicted molar refractivity (Wildman–Crippen MR) is 105 cm³/mol. The van der Waals surface area contributed by atoms with E-state index < -0.39 is 0 Å². The topological polar surface area (TPSA) is 55.4 Å². The first kappa shape index (κ1) is 22.9. The molecule has 2 N–H and O–H groups in total. The Labute approximate surface area is 156 Å². The van der Waals surface area contributed by atoms with Crippen molar-refractivity contribution in [2.45, 2.75) is 128 Å². The molecule has 0 saturated carbocycles. The molecule has 0 aromatic rings. The maximum absolute atomic E-state index is 12.4. The molecule has 0 bridgehead atoms. The van der Waals surface area contributed by atoms with Gasteiger partial charge in [-0.05, 0) is 47.0 Å². The minimum Gasteiger partial charge on any atom is -0.392 e. The fourth-order valence-electron chi connectivity index (χ4n) is 4.33. The molecule has 4 heteroatoms. The van der Waals surface area contributed by atoms with Crippen molar-refractivity contribution in [3.63, 3.8) is 0 Å². The van der Waals surface area contributed by atoms with Crippen molar-refractivity contribution in [2.75, 3.05) is 6.54 Å². The molecule has 1 unspecified atom stereocenters. The number of rotatable bonds is 12. The fraction of sp³-hybridized carbons (Fsp3) is 1.00. The first-order valence-corrected chi connectivity index (χ1v) is 10.6. The van der Waals surface area contributed by atoms with Crippen LogP contribution in [-0.2, 0) is 5.21 Å². The van der Waals surface area contributed by atoms with E-state index >= 15 is 0 Å². The Morgan fingerprint density at radius 1 is 0.960 bits per heavy atom. The molecule has 1 atom stereocenters. The second-order valence-electron chi connectivity index (χ2n) is 9.35. The average Bonchev–Trinajstić information content (AvgIpc) is 2.52. The van der Waals surface area contributed by atoms with Crippen LogP contribution in [0.2, 0.25) is 0 Å². The number of hydroxylamine groups is 2. The Bertz CT molecular complexity index is 340. The highest BCUT2D eigenvalue weighted by Gasteiger charge is 2.45. The van der Waals surface area contributed by atoms with Crippen LogP contribution in [0, 0.1) is 0 Å². The molecule has 149 valence electrons. The summed E-state index contributed by atoms with van der Waals surface area (Å²) < 4.78 is 0. The third kappa shape index (κ3) is 8.38. The zero-order valence-corrected chi connectivity index (χ0v) is 17.4. The Kier molecular flexibility index (Phi) is 9.94. The van der Waals surface area contributed by atoms with Gasteiger partial charge in [-0.25, -0.2) is 0 Å². The van der Waals surface area contributed by atoms with Crippen LogP contribution in [0.5, 0.6) is 0 Å². The van der Waals surface area contributed by atoms with Crippen molar-refractivity contribution in [1.82, 2.24) is 10.4 Å². The summed E-state index contributed by atoms with van der Waals surface area (Å²) in [5.41, 5.74) is -0.690. The summed E-state index contributed by atoms with van der Waals surface area (Å²) >= 11 is 0. The third-order valence-electron chi connectivity index (χ3n) is 5.62. The van der Waals surface area contributed by atoms with Gasteiger partial charge in [-0.1, -0.05) is 58.3 Å². The third-order valence-corrected chi connectivity index (χ3v) is 5.62. The van der Waals surface area contributed by atoms with E-state index in [9.17, 15) is 10.3 Å². The van der Waals surface area contributed by atoms with Gasteiger partial charge in [-0.3, -0.25) is 0 Å². The molecule has 1 aliphatic rings. The van der Waals surface area contributed by atoms with Crippen molar-refractivity contribution in [3.05, 3.63) is 0 Å². The Balaban J connectivity index is 2.14. The number of nitrogens with one attached hydrogen (secondary N) is 1. The summed E-state index contributed by atoms with van der Waals surface area (Å²) in [4.78, 5) is 0. The lowest BCUT2D eigenvalue weighted by molar-refractivity contribution is -0.290. The number of aliphatic hydroxyl groups is 1. The van der Waals surface area contributed by atoms with Gasteiger partial charge in [-0.15, -0.1) is 10.3 Å². The molecule has 1 heterocycles. The zero-order valence-electron chi connectivity index (χ0n) is 17.4. The number of piperidine rings is 1. The van der Waals surface area contributed by atoms with Gasteiger partial charge >= 0.3 is 0 Å². The summed E-state index contributed by atoms with van der Waals surface area (Å²) in [5.74, 6) is 0. The van der Waals surface area contributed by atoms with Gasteiger partial charge in [0.05, 0.1) is 6.10 Å². The molecule has 0 aromatic heterocycles. The van der Waals surface area contributed by atoms with Gasteiger partial charge in [0.2, 0.25) is 0 Å². The molecule has 1 saturated heterocycles. The second-order valence-corrected chi connectivity index (χ2v) is 9.35. The van der Waals surface area contributed by atoms with Crippen LogP contribution >= 0.6 is 0 Å². The first-order chi connectivity index (χ1) is 11.7. The number of nitrogens with zero attached hydrogens (tertiary/aromatic N) is 1. The van der Waals surface area contributed by atoms with Gasteiger partial charge in [-0.2, -0.15) is 0 Å². The Morgan fingerprint density at radius 3 is 1.96 bits per heavy atom. The first-order valence-electron chi connectivity index (χ1n) is 10.6. The molecule has 4 nitrogen and oxygen atoms in total. The van der Waals surface area contributed by atoms with Crippen molar-refractivity contribution >= 4 is 0 Å². The van der Waals surface area contributed by atoms with E-state index in [0.29, 0.717) is 12.6 Å². The highest BCUT2D eigenvalue weighted by molar-refractivity contribution is 4.98. The standard InChI is InChI=1S/C21H43N2O2/c1-6-7-8-9-10-11-12-13-14-19(24)17-22-18-15-20(2,3)23(25)21(4,5)16-18/h18-19,22,24H,6-17H2,1-5H3. The van der Waals surface area contributed by atoms with Crippen molar-refractivity contribution < 1.29 is 10.3 Å². The summed E-state index contributed by atoms with van der Waals surface area (Å²) in [5, 5.41) is 27.4. The van der Waals surface area contributed by atoms with Crippen molar-refractivity contribution in [2.24, 2.45) is 0 Å². The summed E-state index contributed by atoms with van der Waals surface area (Å²) in [6.07, 6.45) is 12.7. The van der Waals surface area contributed by atoms with E-state index in [0.717, 1.165) is 25.7 Å². The fourth-order valence-corrected chi connectivity index (χ4v) is 4.33. The Hall–Kier alpha value is -0.160. The normalized spacial score (nSPS) is 22.2. The number of hydrogen-bond donors (Lipinski definition) is 2. The zero-order chi connectivity index (χ0) is 18.9. The molecule has 25 heavy (non-hydrogen) atoms. The SMILES string of the molecule is CCCCCCCCCCC(O)CNC1CC(C)(C)N([O])C(C)(C)C1. The van der Waals surface area contributed by atoms with Crippen LogP contribution in [0.15, 0.2) is 0 Å². The van der Waals surface area contributed by atoms with Crippen molar-refractivity contribution in [3.8, 4) is 0 Å². The van der Waals surface area contributed by atoms with Crippen molar-refractivity contribution in [1.29, 1.82) is 0 Å². The van der Waals surface area contributed by atoms with E-state index in [1.165, 1.54) is 50.0 Å². The largest absolute Gasteiger partial charge is 0.392 e. The number of aliphatic hydroxyl groups excluding tert-OH is 1. The highest BCUT2D eigenvalue weighted by atomic mass is 16.5. The second kappa shape index (κ2) is 10.9. The molecule has 0 amide bonds. The molecular formula is C21H43N2O2. The molecule has 1 fully saturated rings. The van der Waals surface area contributed by atoms with Crippen LogP contribution in [0.25, 0.3) is 0 Å². The van der Waals surface area contributed by atoms with Gasteiger partial charge in [0.1, 0.15) is 0 Å². The van der Waals surface area contributed by atoms with Gasteiger partial charge in [0.15, 0.2) is 0 Å². The van der Waals surface area contributed by atoms with Crippen LogP contribution in [-0.4, -0.2) is 39.9 Å². The smallest absolute Gasteiger partial charge is 0.0664 e. The summed E-state index contributed by atoms with van der Waals surface area (Å²) in [7, 11) is 0. The minimum absolute atomic E-state index is 0.267. The molecule has 1 rings (SSSR count). The van der Waals surface area contributed by atoms with Gasteiger partial charge in [0.25, 0.3) is 0 Å². The Morgan fingerprint density at radius 2 is 1.44 bits per heavy atom. The molecule has 1 radical (unpaired) electrons. The summed E-state index contributed by atoms with van der Waals surface area (Å²) in [6, 6.07) is 0.309. The van der Waals surface area contributed by atoms with Gasteiger partial charge in [0, 0.05) is 23.7 Å². The lowest BCUT2D eigenvalue weighted by Crippen LogP contribution is -2.62.